The number of aryl methyl sites for hydroxylation is 1. The van der Waals surface area contributed by atoms with Gasteiger partial charge < -0.3 is 15.2 Å². The van der Waals surface area contributed by atoms with Gasteiger partial charge in [-0.3, -0.25) is 24.5 Å². The van der Waals surface area contributed by atoms with Crippen LogP contribution in [0.3, 0.4) is 0 Å². The average Bonchev–Trinajstić information content (AvgIpc) is 3.30. The first-order valence-corrected chi connectivity index (χ1v) is 10.6. The number of fused-ring (bicyclic) bond motifs is 2. The Morgan fingerprint density at radius 1 is 1.16 bits per heavy atom. The minimum Gasteiger partial charge on any atom is -0.350 e. The van der Waals surface area contributed by atoms with E-state index < -0.39 is 11.9 Å². The quantitative estimate of drug-likeness (QED) is 0.532. The maximum atomic E-state index is 12.8. The predicted molar refractivity (Wildman–Crippen MR) is 118 cm³/mol. The van der Waals surface area contributed by atoms with Crippen molar-refractivity contribution in [3.8, 4) is 0 Å². The van der Waals surface area contributed by atoms with E-state index in [-0.39, 0.29) is 30.7 Å². The Bertz CT molecular complexity index is 1330. The number of anilines is 1. The molecule has 0 bridgehead atoms. The van der Waals surface area contributed by atoms with Gasteiger partial charge in [-0.05, 0) is 60.9 Å². The Kier molecular flexibility index (Phi) is 4.74. The van der Waals surface area contributed by atoms with Gasteiger partial charge in [-0.2, -0.15) is 0 Å². The summed E-state index contributed by atoms with van der Waals surface area (Å²) in [5, 5.41) is 6.64. The largest absolute Gasteiger partial charge is 0.350 e. The van der Waals surface area contributed by atoms with E-state index in [0.717, 1.165) is 22.0 Å². The maximum Gasteiger partial charge on any atom is 0.272 e. The number of benzene rings is 2. The zero-order valence-corrected chi connectivity index (χ0v) is 17.9. The molecule has 1 aromatic heterocycles. The van der Waals surface area contributed by atoms with Gasteiger partial charge in [0.2, 0.25) is 11.8 Å². The molecular formula is C23H19ClN4O4. The molecule has 0 saturated carbocycles. The fourth-order valence-corrected chi connectivity index (χ4v) is 4.62. The van der Waals surface area contributed by atoms with Gasteiger partial charge in [0.15, 0.2) is 0 Å². The molecule has 2 aliphatic heterocycles. The lowest BCUT2D eigenvalue weighted by atomic mass is 10.0. The van der Waals surface area contributed by atoms with Gasteiger partial charge in [0, 0.05) is 40.1 Å². The Balaban J connectivity index is 1.35. The number of imide groups is 1. The van der Waals surface area contributed by atoms with Crippen LogP contribution in [-0.4, -0.2) is 39.6 Å². The highest BCUT2D eigenvalue weighted by molar-refractivity contribution is 6.31. The molecule has 4 amide bonds. The standard InChI is InChI=1S/C23H19ClN4O4/c1-11-6-13(24)8-17-16(11)9-18(26-17)21(30)25-14-2-3-15-12(7-14)10-28(23(15)32)19-4-5-20(29)27-22(19)31/h2-3,6-9,19,26H,4-5,10H2,1H3,(H,25,30)(H,27,29,31). The molecule has 3 aromatic rings. The molecule has 9 heteroatoms. The summed E-state index contributed by atoms with van der Waals surface area (Å²) in [6.45, 7) is 2.17. The van der Waals surface area contributed by atoms with Gasteiger partial charge in [-0.15, -0.1) is 0 Å². The normalized spacial score (nSPS) is 18.1. The van der Waals surface area contributed by atoms with Crippen LogP contribution in [0.1, 0.15) is 44.8 Å². The van der Waals surface area contributed by atoms with Crippen LogP contribution in [0.2, 0.25) is 5.02 Å². The van der Waals surface area contributed by atoms with Crippen LogP contribution in [-0.2, 0) is 16.1 Å². The molecule has 5 rings (SSSR count). The number of aromatic amines is 1. The van der Waals surface area contributed by atoms with E-state index in [0.29, 0.717) is 28.4 Å². The molecule has 0 aliphatic carbocycles. The number of hydrogen-bond acceptors (Lipinski definition) is 4. The Labute approximate surface area is 187 Å². The minimum absolute atomic E-state index is 0.201. The highest BCUT2D eigenvalue weighted by atomic mass is 35.5. The van der Waals surface area contributed by atoms with Crippen molar-refractivity contribution in [1.29, 1.82) is 0 Å². The topological polar surface area (TPSA) is 111 Å². The highest BCUT2D eigenvalue weighted by Gasteiger charge is 2.39. The zero-order valence-electron chi connectivity index (χ0n) is 17.1. The van der Waals surface area contributed by atoms with Gasteiger partial charge in [0.25, 0.3) is 11.8 Å². The predicted octanol–water partition coefficient (Wildman–Crippen LogP) is 3.14. The molecule has 162 valence electrons. The number of nitrogens with zero attached hydrogens (tertiary/aromatic N) is 1. The Hall–Kier alpha value is -3.65. The molecule has 2 aromatic carbocycles. The first-order chi connectivity index (χ1) is 15.3. The molecule has 1 unspecified atom stereocenters. The number of nitrogens with one attached hydrogen (secondary N) is 3. The van der Waals surface area contributed by atoms with Crippen LogP contribution in [0.5, 0.6) is 0 Å². The molecule has 8 nitrogen and oxygen atoms in total. The first-order valence-electron chi connectivity index (χ1n) is 10.2. The van der Waals surface area contributed by atoms with Crippen molar-refractivity contribution >= 4 is 51.8 Å². The molecule has 1 atom stereocenters. The van der Waals surface area contributed by atoms with Crippen molar-refractivity contribution < 1.29 is 19.2 Å². The van der Waals surface area contributed by atoms with E-state index in [1.807, 2.05) is 13.0 Å². The van der Waals surface area contributed by atoms with Crippen molar-refractivity contribution in [3.05, 3.63) is 63.8 Å². The van der Waals surface area contributed by atoms with Gasteiger partial charge in [0.05, 0.1) is 0 Å². The van der Waals surface area contributed by atoms with E-state index in [1.165, 1.54) is 4.90 Å². The summed E-state index contributed by atoms with van der Waals surface area (Å²) < 4.78 is 0. The third-order valence-electron chi connectivity index (χ3n) is 5.94. The van der Waals surface area contributed by atoms with Crippen LogP contribution in [0.4, 0.5) is 5.69 Å². The molecule has 3 heterocycles. The zero-order chi connectivity index (χ0) is 22.6. The number of amides is 4. The molecular weight excluding hydrogens is 432 g/mol. The van der Waals surface area contributed by atoms with Crippen molar-refractivity contribution in [2.75, 3.05) is 5.32 Å². The van der Waals surface area contributed by atoms with E-state index in [4.69, 9.17) is 11.6 Å². The van der Waals surface area contributed by atoms with Gasteiger partial charge in [-0.25, -0.2) is 0 Å². The summed E-state index contributed by atoms with van der Waals surface area (Å²) in [5.74, 6) is -1.35. The van der Waals surface area contributed by atoms with Crippen LogP contribution < -0.4 is 10.6 Å². The maximum absolute atomic E-state index is 12.8. The molecule has 32 heavy (non-hydrogen) atoms. The fraction of sp³-hybridized carbons (Fsp3) is 0.217. The molecule has 1 fully saturated rings. The average molecular weight is 451 g/mol. The lowest BCUT2D eigenvalue weighted by Crippen LogP contribution is -2.52. The van der Waals surface area contributed by atoms with Gasteiger partial charge >= 0.3 is 0 Å². The second-order valence-corrected chi connectivity index (χ2v) is 8.53. The lowest BCUT2D eigenvalue weighted by Gasteiger charge is -2.29. The highest BCUT2D eigenvalue weighted by Crippen LogP contribution is 2.30. The monoisotopic (exact) mass is 450 g/mol. The van der Waals surface area contributed by atoms with Gasteiger partial charge in [0.1, 0.15) is 11.7 Å². The van der Waals surface area contributed by atoms with Gasteiger partial charge in [-0.1, -0.05) is 11.6 Å². The van der Waals surface area contributed by atoms with Crippen LogP contribution in [0.25, 0.3) is 10.9 Å². The van der Waals surface area contributed by atoms with E-state index in [9.17, 15) is 19.2 Å². The molecule has 2 aliphatic rings. The second kappa shape index (κ2) is 7.49. The van der Waals surface area contributed by atoms with Crippen LogP contribution in [0, 0.1) is 6.92 Å². The number of halogens is 1. The molecule has 0 radical (unpaired) electrons. The number of hydrogen-bond donors (Lipinski definition) is 3. The molecule has 1 saturated heterocycles. The summed E-state index contributed by atoms with van der Waals surface area (Å²) in [7, 11) is 0. The summed E-state index contributed by atoms with van der Waals surface area (Å²) in [4.78, 5) is 53.7. The van der Waals surface area contributed by atoms with Crippen molar-refractivity contribution in [3.63, 3.8) is 0 Å². The lowest BCUT2D eigenvalue weighted by molar-refractivity contribution is -0.136. The number of aromatic nitrogens is 1. The van der Waals surface area contributed by atoms with E-state index in [2.05, 4.69) is 15.6 Å². The summed E-state index contributed by atoms with van der Waals surface area (Å²) in [6.07, 6.45) is 0.505. The second-order valence-electron chi connectivity index (χ2n) is 8.09. The Morgan fingerprint density at radius 3 is 2.75 bits per heavy atom. The Morgan fingerprint density at radius 2 is 1.97 bits per heavy atom. The van der Waals surface area contributed by atoms with E-state index >= 15 is 0 Å². The summed E-state index contributed by atoms with van der Waals surface area (Å²) in [6, 6.07) is 9.75. The number of carbonyl (C=O) groups excluding carboxylic acids is 4. The number of piperidine rings is 1. The van der Waals surface area contributed by atoms with Crippen molar-refractivity contribution in [2.24, 2.45) is 0 Å². The number of H-pyrrole nitrogens is 1. The minimum atomic E-state index is -0.674. The number of carbonyl (C=O) groups is 4. The van der Waals surface area contributed by atoms with Crippen LogP contribution in [0.15, 0.2) is 36.4 Å². The SMILES string of the molecule is Cc1cc(Cl)cc2[nH]c(C(=O)Nc3ccc4c(c3)CN(C3CCC(=O)NC3=O)C4=O)cc12. The van der Waals surface area contributed by atoms with Crippen molar-refractivity contribution in [2.45, 2.75) is 32.4 Å². The fourth-order valence-electron chi connectivity index (χ4n) is 4.35. The summed E-state index contributed by atoms with van der Waals surface area (Å²) in [5.41, 5.74) is 3.89. The number of rotatable bonds is 3. The smallest absolute Gasteiger partial charge is 0.272 e. The first kappa shape index (κ1) is 20.3. The molecule has 3 N–H and O–H groups in total. The molecule has 0 spiro atoms. The van der Waals surface area contributed by atoms with E-state index in [1.54, 1.807) is 30.3 Å². The van der Waals surface area contributed by atoms with Crippen LogP contribution >= 0.6 is 11.6 Å². The third kappa shape index (κ3) is 3.42. The summed E-state index contributed by atoms with van der Waals surface area (Å²) >= 11 is 6.10. The van der Waals surface area contributed by atoms with Crippen molar-refractivity contribution in [1.82, 2.24) is 15.2 Å². The third-order valence-corrected chi connectivity index (χ3v) is 6.15.